The van der Waals surface area contributed by atoms with Gasteiger partial charge in [-0.2, -0.15) is 0 Å². The molecular weight excluding hydrogens is 288 g/mol. The normalized spacial score (nSPS) is 10.8. The van der Waals surface area contributed by atoms with Crippen molar-refractivity contribution in [2.24, 2.45) is 0 Å². The van der Waals surface area contributed by atoms with Gasteiger partial charge in [0.2, 0.25) is 0 Å². The van der Waals surface area contributed by atoms with Crippen molar-refractivity contribution >= 4 is 23.5 Å². The van der Waals surface area contributed by atoms with Gasteiger partial charge in [0, 0.05) is 23.3 Å². The van der Waals surface area contributed by atoms with Crippen molar-refractivity contribution in [1.29, 1.82) is 0 Å². The van der Waals surface area contributed by atoms with Crippen LogP contribution in [-0.4, -0.2) is 19.7 Å². The molecule has 0 amide bonds. The molecule has 2 aromatic carbocycles. The molecule has 0 saturated carbocycles. The fourth-order valence-electron chi connectivity index (χ4n) is 1.75. The number of allylic oxidation sites excluding steroid dienone is 1. The van der Waals surface area contributed by atoms with Gasteiger partial charge in [-0.3, -0.25) is 4.79 Å². The second-order valence-electron chi connectivity index (χ2n) is 4.29. The third-order valence-corrected chi connectivity index (χ3v) is 3.05. The molecule has 0 unspecified atom stereocenters. The monoisotopic (exact) mass is 302 g/mol. The van der Waals surface area contributed by atoms with Gasteiger partial charge in [0.15, 0.2) is 12.6 Å². The molecule has 0 spiro atoms. The number of hydrogen-bond acceptors (Lipinski definition) is 3. The number of carbonyl (C=O) groups excluding carboxylic acids is 1. The van der Waals surface area contributed by atoms with E-state index in [1.54, 1.807) is 37.5 Å². The van der Waals surface area contributed by atoms with Crippen molar-refractivity contribution in [2.75, 3.05) is 13.9 Å². The third-order valence-electron chi connectivity index (χ3n) is 2.79. The molecule has 0 aliphatic carbocycles. The van der Waals surface area contributed by atoms with E-state index in [4.69, 9.17) is 21.1 Å². The molecule has 4 heteroatoms. The quantitative estimate of drug-likeness (QED) is 0.455. The fourth-order valence-corrected chi connectivity index (χ4v) is 1.87. The average molecular weight is 303 g/mol. The first kappa shape index (κ1) is 15.3. The molecule has 3 nitrogen and oxygen atoms in total. The van der Waals surface area contributed by atoms with Gasteiger partial charge < -0.3 is 9.47 Å². The maximum atomic E-state index is 12.1. The molecule has 2 aromatic rings. The SMILES string of the molecule is COCOc1ccccc1/C=C/C(=O)c1ccc(Cl)cc1. The number of carbonyl (C=O) groups is 1. The Hall–Kier alpha value is -2.10. The zero-order chi connectivity index (χ0) is 15.1. The molecule has 108 valence electrons. The number of benzene rings is 2. The Morgan fingerprint density at radius 1 is 1.14 bits per heavy atom. The Bertz CT molecular complexity index is 633. The van der Waals surface area contributed by atoms with E-state index in [0.29, 0.717) is 16.3 Å². The van der Waals surface area contributed by atoms with Gasteiger partial charge in [-0.05, 0) is 42.5 Å². The second-order valence-corrected chi connectivity index (χ2v) is 4.73. The number of para-hydroxylation sites is 1. The number of ketones is 1. The standard InChI is InChI=1S/C17H15ClO3/c1-20-12-21-17-5-3-2-4-14(17)8-11-16(19)13-6-9-15(18)10-7-13/h2-11H,12H2,1H3/b11-8+. The highest BCUT2D eigenvalue weighted by Gasteiger charge is 2.03. The molecule has 0 radical (unpaired) electrons. The van der Waals surface area contributed by atoms with E-state index >= 15 is 0 Å². The lowest BCUT2D eigenvalue weighted by Gasteiger charge is -2.07. The summed E-state index contributed by atoms with van der Waals surface area (Å²) in [5.74, 6) is 0.577. The van der Waals surface area contributed by atoms with E-state index in [-0.39, 0.29) is 12.6 Å². The predicted molar refractivity (Wildman–Crippen MR) is 83.8 cm³/mol. The van der Waals surface area contributed by atoms with Crippen molar-refractivity contribution in [3.63, 3.8) is 0 Å². The Labute approximate surface area is 128 Å². The van der Waals surface area contributed by atoms with Crippen LogP contribution in [0.2, 0.25) is 5.02 Å². The fraction of sp³-hybridized carbons (Fsp3) is 0.118. The number of methoxy groups -OCH3 is 1. The first-order valence-corrected chi connectivity index (χ1v) is 6.77. The lowest BCUT2D eigenvalue weighted by atomic mass is 10.1. The maximum absolute atomic E-state index is 12.1. The molecule has 0 saturated heterocycles. The van der Waals surface area contributed by atoms with Crippen molar-refractivity contribution in [3.8, 4) is 5.75 Å². The van der Waals surface area contributed by atoms with E-state index < -0.39 is 0 Å². The van der Waals surface area contributed by atoms with Gasteiger partial charge in [-0.1, -0.05) is 29.8 Å². The van der Waals surface area contributed by atoms with Crippen LogP contribution in [0, 0.1) is 0 Å². The van der Waals surface area contributed by atoms with Gasteiger partial charge in [0.1, 0.15) is 5.75 Å². The van der Waals surface area contributed by atoms with Crippen LogP contribution >= 0.6 is 11.6 Å². The van der Waals surface area contributed by atoms with Crippen LogP contribution in [0.5, 0.6) is 5.75 Å². The molecule has 0 atom stereocenters. The molecule has 0 aliphatic heterocycles. The molecule has 0 bridgehead atoms. The molecule has 0 heterocycles. The Morgan fingerprint density at radius 2 is 1.86 bits per heavy atom. The number of halogens is 1. The number of rotatable bonds is 6. The molecular formula is C17H15ClO3. The van der Waals surface area contributed by atoms with Crippen LogP contribution < -0.4 is 4.74 Å². The minimum absolute atomic E-state index is 0.0896. The lowest BCUT2D eigenvalue weighted by Crippen LogP contribution is -2.00. The molecule has 0 fully saturated rings. The summed E-state index contributed by atoms with van der Waals surface area (Å²) in [7, 11) is 1.56. The zero-order valence-corrected chi connectivity index (χ0v) is 12.3. The van der Waals surface area contributed by atoms with Crippen LogP contribution in [0.4, 0.5) is 0 Å². The second kappa shape index (κ2) is 7.62. The number of ether oxygens (including phenoxy) is 2. The van der Waals surface area contributed by atoms with E-state index in [0.717, 1.165) is 5.56 Å². The van der Waals surface area contributed by atoms with Gasteiger partial charge in [-0.25, -0.2) is 0 Å². The summed E-state index contributed by atoms with van der Waals surface area (Å²) < 4.78 is 10.3. The lowest BCUT2D eigenvalue weighted by molar-refractivity contribution is 0.0510. The smallest absolute Gasteiger partial charge is 0.188 e. The third kappa shape index (κ3) is 4.45. The number of hydrogen-bond donors (Lipinski definition) is 0. The largest absolute Gasteiger partial charge is 0.467 e. The topological polar surface area (TPSA) is 35.5 Å². The Morgan fingerprint density at radius 3 is 2.57 bits per heavy atom. The summed E-state index contributed by atoms with van der Waals surface area (Å²) in [5, 5.41) is 0.605. The van der Waals surface area contributed by atoms with E-state index in [2.05, 4.69) is 0 Å². The summed E-state index contributed by atoms with van der Waals surface area (Å²) in [6.45, 7) is 0.163. The van der Waals surface area contributed by atoms with Crippen LogP contribution in [0.25, 0.3) is 6.08 Å². The van der Waals surface area contributed by atoms with Crippen LogP contribution in [-0.2, 0) is 4.74 Å². The zero-order valence-electron chi connectivity index (χ0n) is 11.6. The molecule has 0 aromatic heterocycles. The maximum Gasteiger partial charge on any atom is 0.188 e. The van der Waals surface area contributed by atoms with Crippen molar-refractivity contribution in [3.05, 3.63) is 70.8 Å². The summed E-state index contributed by atoms with van der Waals surface area (Å²) in [5.41, 5.74) is 1.41. The Kier molecular flexibility index (Phi) is 5.55. The van der Waals surface area contributed by atoms with Crippen LogP contribution in [0.15, 0.2) is 54.6 Å². The van der Waals surface area contributed by atoms with E-state index in [1.165, 1.54) is 6.08 Å². The summed E-state index contributed by atoms with van der Waals surface area (Å²) in [6, 6.07) is 14.2. The average Bonchev–Trinajstić information content (AvgIpc) is 2.52. The van der Waals surface area contributed by atoms with Crippen LogP contribution in [0.3, 0.4) is 0 Å². The van der Waals surface area contributed by atoms with Crippen LogP contribution in [0.1, 0.15) is 15.9 Å². The van der Waals surface area contributed by atoms with Crippen molar-refractivity contribution < 1.29 is 14.3 Å². The summed E-state index contributed by atoms with van der Waals surface area (Å²) >= 11 is 5.80. The molecule has 2 rings (SSSR count). The molecule has 0 aliphatic rings. The highest BCUT2D eigenvalue weighted by atomic mass is 35.5. The van der Waals surface area contributed by atoms with Gasteiger partial charge >= 0.3 is 0 Å². The minimum Gasteiger partial charge on any atom is -0.467 e. The first-order valence-electron chi connectivity index (χ1n) is 6.39. The van der Waals surface area contributed by atoms with Gasteiger partial charge in [0.05, 0.1) is 0 Å². The van der Waals surface area contributed by atoms with Gasteiger partial charge in [0.25, 0.3) is 0 Å². The van der Waals surface area contributed by atoms with Crippen molar-refractivity contribution in [2.45, 2.75) is 0 Å². The van der Waals surface area contributed by atoms with Gasteiger partial charge in [-0.15, -0.1) is 0 Å². The first-order chi connectivity index (χ1) is 10.2. The van der Waals surface area contributed by atoms with E-state index in [9.17, 15) is 4.79 Å². The van der Waals surface area contributed by atoms with Crippen molar-refractivity contribution in [1.82, 2.24) is 0 Å². The Balaban J connectivity index is 2.13. The highest BCUT2D eigenvalue weighted by Crippen LogP contribution is 2.20. The molecule has 0 N–H and O–H groups in total. The highest BCUT2D eigenvalue weighted by molar-refractivity contribution is 6.30. The summed E-state index contributed by atoms with van der Waals surface area (Å²) in [4.78, 5) is 12.1. The molecule has 21 heavy (non-hydrogen) atoms. The summed E-state index contributed by atoms with van der Waals surface area (Å²) in [6.07, 6.45) is 3.24. The van der Waals surface area contributed by atoms with E-state index in [1.807, 2.05) is 24.3 Å². The predicted octanol–water partition coefficient (Wildman–Crippen LogP) is 4.22. The minimum atomic E-state index is -0.0896.